The molecule has 128 valence electrons. The smallest absolute Gasteiger partial charge is 0.289 e. The lowest BCUT2D eigenvalue weighted by molar-refractivity contribution is -0.345. The molecule has 0 aromatic heterocycles. The summed E-state index contributed by atoms with van der Waals surface area (Å²) in [6.45, 7) is 2.06. The molecular weight excluding hydrogens is 313 g/mol. The number of halogens is 3. The van der Waals surface area contributed by atoms with Crippen LogP contribution in [0.3, 0.4) is 0 Å². The van der Waals surface area contributed by atoms with Crippen LogP contribution in [0.15, 0.2) is 48.5 Å². The van der Waals surface area contributed by atoms with Crippen molar-refractivity contribution in [3.63, 3.8) is 0 Å². The Morgan fingerprint density at radius 2 is 1.29 bits per heavy atom. The molecule has 3 rings (SSSR count). The van der Waals surface area contributed by atoms with Crippen LogP contribution >= 0.6 is 0 Å². The average molecular weight is 334 g/mol. The van der Waals surface area contributed by atoms with Crippen LogP contribution in [0, 0.1) is 6.92 Å². The highest BCUT2D eigenvalue weighted by Gasteiger charge is 2.35. The maximum absolute atomic E-state index is 12.3. The Labute approximate surface area is 140 Å². The average Bonchev–Trinajstić information content (AvgIpc) is 2.55. The molecule has 1 fully saturated rings. The molecule has 1 saturated carbocycles. The van der Waals surface area contributed by atoms with Crippen LogP contribution in [0.4, 0.5) is 13.2 Å². The first-order valence-electron chi connectivity index (χ1n) is 8.32. The Hall–Kier alpha value is -1.81. The van der Waals surface area contributed by atoms with Crippen molar-refractivity contribution in [3.05, 3.63) is 59.7 Å². The molecule has 0 aliphatic heterocycles. The number of benzene rings is 2. The van der Waals surface area contributed by atoms with E-state index < -0.39 is 12.5 Å². The van der Waals surface area contributed by atoms with Crippen LogP contribution < -0.4 is 0 Å². The van der Waals surface area contributed by atoms with Gasteiger partial charge in [0.2, 0.25) is 0 Å². The maximum Gasteiger partial charge on any atom is 0.522 e. The van der Waals surface area contributed by atoms with Crippen LogP contribution in [-0.2, 0) is 4.74 Å². The minimum Gasteiger partial charge on any atom is -0.289 e. The van der Waals surface area contributed by atoms with E-state index in [1.165, 1.54) is 16.7 Å². The van der Waals surface area contributed by atoms with Crippen molar-refractivity contribution in [1.29, 1.82) is 0 Å². The summed E-state index contributed by atoms with van der Waals surface area (Å²) in [5.41, 5.74) is 4.77. The fourth-order valence-electron chi connectivity index (χ4n) is 3.40. The van der Waals surface area contributed by atoms with Gasteiger partial charge in [0.1, 0.15) is 0 Å². The summed E-state index contributed by atoms with van der Waals surface area (Å²) in [7, 11) is 0. The lowest BCUT2D eigenvalue weighted by atomic mass is 9.82. The van der Waals surface area contributed by atoms with Crippen molar-refractivity contribution in [1.82, 2.24) is 0 Å². The summed E-state index contributed by atoms with van der Waals surface area (Å²) in [6, 6.07) is 16.8. The van der Waals surface area contributed by atoms with Gasteiger partial charge in [-0.3, -0.25) is 4.74 Å². The van der Waals surface area contributed by atoms with Crippen molar-refractivity contribution in [2.24, 2.45) is 0 Å². The normalized spacial score (nSPS) is 21.7. The van der Waals surface area contributed by atoms with Crippen LogP contribution in [0.25, 0.3) is 11.1 Å². The highest BCUT2D eigenvalue weighted by Crippen LogP contribution is 2.36. The molecule has 0 bridgehead atoms. The van der Waals surface area contributed by atoms with Crippen LogP contribution in [-0.4, -0.2) is 12.5 Å². The number of ether oxygens (including phenoxy) is 1. The molecule has 1 aliphatic rings. The quantitative estimate of drug-likeness (QED) is 0.647. The number of hydrogen-bond donors (Lipinski definition) is 0. The van der Waals surface area contributed by atoms with Crippen molar-refractivity contribution < 1.29 is 17.9 Å². The Morgan fingerprint density at radius 3 is 1.79 bits per heavy atom. The maximum atomic E-state index is 12.3. The van der Waals surface area contributed by atoms with E-state index in [2.05, 4.69) is 60.2 Å². The van der Waals surface area contributed by atoms with Gasteiger partial charge in [-0.05, 0) is 55.2 Å². The van der Waals surface area contributed by atoms with E-state index >= 15 is 0 Å². The topological polar surface area (TPSA) is 9.23 Å². The highest BCUT2D eigenvalue weighted by atomic mass is 19.4. The minimum absolute atomic E-state index is 0.324. The Bertz CT molecular complexity index is 651. The molecule has 0 saturated heterocycles. The van der Waals surface area contributed by atoms with E-state index in [9.17, 15) is 13.2 Å². The third kappa shape index (κ3) is 4.38. The SMILES string of the molecule is Cc1ccc(-c2ccc(C3CCC(OC(F)(F)F)CC3)cc2)cc1. The zero-order valence-electron chi connectivity index (χ0n) is 13.6. The second-order valence-corrected chi connectivity index (χ2v) is 6.53. The Kier molecular flexibility index (Phi) is 4.95. The third-order valence-corrected chi connectivity index (χ3v) is 4.74. The van der Waals surface area contributed by atoms with E-state index in [0.717, 1.165) is 18.4 Å². The molecule has 0 heterocycles. The predicted octanol–water partition coefficient (Wildman–Crippen LogP) is 6.22. The Morgan fingerprint density at radius 1 is 0.792 bits per heavy atom. The summed E-state index contributed by atoms with van der Waals surface area (Å²) < 4.78 is 41.0. The summed E-state index contributed by atoms with van der Waals surface area (Å²) >= 11 is 0. The summed E-state index contributed by atoms with van der Waals surface area (Å²) in [6.07, 6.45) is -2.80. The zero-order valence-corrected chi connectivity index (χ0v) is 13.6. The number of aryl methyl sites for hydroxylation is 1. The molecule has 4 heteroatoms. The van der Waals surface area contributed by atoms with E-state index in [1.807, 2.05) is 0 Å². The fraction of sp³-hybridized carbons (Fsp3) is 0.400. The third-order valence-electron chi connectivity index (χ3n) is 4.74. The van der Waals surface area contributed by atoms with Gasteiger partial charge in [0.25, 0.3) is 0 Å². The molecule has 2 aromatic rings. The molecule has 0 unspecified atom stereocenters. The van der Waals surface area contributed by atoms with E-state index in [-0.39, 0.29) is 0 Å². The zero-order chi connectivity index (χ0) is 17.2. The monoisotopic (exact) mass is 334 g/mol. The minimum atomic E-state index is -4.52. The fourth-order valence-corrected chi connectivity index (χ4v) is 3.40. The molecule has 1 nitrogen and oxygen atoms in total. The molecule has 0 spiro atoms. The van der Waals surface area contributed by atoms with Gasteiger partial charge in [0, 0.05) is 0 Å². The molecule has 0 radical (unpaired) electrons. The van der Waals surface area contributed by atoms with Gasteiger partial charge in [-0.15, -0.1) is 13.2 Å². The van der Waals surface area contributed by atoms with Crippen molar-refractivity contribution >= 4 is 0 Å². The van der Waals surface area contributed by atoms with E-state index in [4.69, 9.17) is 0 Å². The van der Waals surface area contributed by atoms with Gasteiger partial charge < -0.3 is 0 Å². The summed E-state index contributed by atoms with van der Waals surface area (Å²) in [5, 5.41) is 0. The van der Waals surface area contributed by atoms with Crippen LogP contribution in [0.5, 0.6) is 0 Å². The van der Waals surface area contributed by atoms with Gasteiger partial charge in [-0.2, -0.15) is 0 Å². The standard InChI is InChI=1S/C20H21F3O/c1-14-2-4-15(5-3-14)16-6-8-17(9-7-16)18-10-12-19(13-11-18)24-20(21,22)23/h2-9,18-19H,10-13H2,1H3. The number of rotatable bonds is 3. The van der Waals surface area contributed by atoms with Crippen LogP contribution in [0.2, 0.25) is 0 Å². The van der Waals surface area contributed by atoms with Gasteiger partial charge in [-0.25, -0.2) is 0 Å². The first kappa shape index (κ1) is 17.0. The highest BCUT2D eigenvalue weighted by molar-refractivity contribution is 5.64. The van der Waals surface area contributed by atoms with E-state index in [1.54, 1.807) is 0 Å². The van der Waals surface area contributed by atoms with E-state index in [0.29, 0.717) is 18.8 Å². The largest absolute Gasteiger partial charge is 0.522 e. The lowest BCUT2D eigenvalue weighted by Gasteiger charge is -2.29. The summed E-state index contributed by atoms with van der Waals surface area (Å²) in [5.74, 6) is 0.324. The number of hydrogen-bond acceptors (Lipinski definition) is 1. The summed E-state index contributed by atoms with van der Waals surface area (Å²) in [4.78, 5) is 0. The van der Waals surface area contributed by atoms with Gasteiger partial charge in [-0.1, -0.05) is 54.1 Å². The van der Waals surface area contributed by atoms with Gasteiger partial charge in [0.15, 0.2) is 0 Å². The molecule has 1 aliphatic carbocycles. The molecule has 0 N–H and O–H groups in total. The van der Waals surface area contributed by atoms with Crippen molar-refractivity contribution in [2.75, 3.05) is 0 Å². The number of alkyl halides is 3. The first-order valence-corrected chi connectivity index (χ1v) is 8.32. The molecule has 0 atom stereocenters. The van der Waals surface area contributed by atoms with Crippen molar-refractivity contribution in [2.45, 2.75) is 51.0 Å². The Balaban J connectivity index is 1.62. The predicted molar refractivity (Wildman–Crippen MR) is 88.8 cm³/mol. The molecular formula is C20H21F3O. The lowest BCUT2D eigenvalue weighted by Crippen LogP contribution is -2.27. The molecule has 2 aromatic carbocycles. The molecule has 24 heavy (non-hydrogen) atoms. The van der Waals surface area contributed by atoms with Gasteiger partial charge >= 0.3 is 6.36 Å². The van der Waals surface area contributed by atoms with Crippen LogP contribution in [0.1, 0.15) is 42.7 Å². The second-order valence-electron chi connectivity index (χ2n) is 6.53. The first-order chi connectivity index (χ1) is 11.4. The van der Waals surface area contributed by atoms with Gasteiger partial charge in [0.05, 0.1) is 6.10 Å². The van der Waals surface area contributed by atoms with Crippen molar-refractivity contribution in [3.8, 4) is 11.1 Å². The molecule has 0 amide bonds. The second kappa shape index (κ2) is 6.98.